The lowest BCUT2D eigenvalue weighted by atomic mass is 10.00. The molecule has 0 bridgehead atoms. The van der Waals surface area contributed by atoms with Gasteiger partial charge in [0, 0.05) is 32.8 Å². The summed E-state index contributed by atoms with van der Waals surface area (Å²) in [7, 11) is -3.28. The Morgan fingerprint density at radius 3 is 1.80 bits per heavy atom. The molecule has 6 heteroatoms. The Hall–Kier alpha value is -0.170. The van der Waals surface area contributed by atoms with Gasteiger partial charge in [-0.3, -0.25) is 0 Å². The van der Waals surface area contributed by atoms with Gasteiger partial charge in [-0.1, -0.05) is 0 Å². The molecule has 1 heterocycles. The average molecular weight is 302 g/mol. The van der Waals surface area contributed by atoms with E-state index in [1.165, 1.54) is 25.7 Å². The fourth-order valence-corrected chi connectivity index (χ4v) is 4.72. The van der Waals surface area contributed by atoms with Crippen molar-refractivity contribution in [3.05, 3.63) is 0 Å². The highest BCUT2D eigenvalue weighted by Crippen LogP contribution is 2.35. The quantitative estimate of drug-likeness (QED) is 0.765. The molecule has 0 aromatic heterocycles. The van der Waals surface area contributed by atoms with E-state index in [4.69, 9.17) is 5.11 Å². The Morgan fingerprint density at radius 2 is 1.40 bits per heavy atom. The van der Waals surface area contributed by atoms with Gasteiger partial charge in [-0.2, -0.15) is 17.0 Å². The van der Waals surface area contributed by atoms with Gasteiger partial charge in [0.2, 0.25) is 0 Å². The van der Waals surface area contributed by atoms with Crippen LogP contribution >= 0.6 is 0 Å². The van der Waals surface area contributed by atoms with Crippen LogP contribution in [0.2, 0.25) is 0 Å². The van der Waals surface area contributed by atoms with Crippen LogP contribution in [0.15, 0.2) is 0 Å². The second-order valence-electron chi connectivity index (χ2n) is 6.74. The smallest absolute Gasteiger partial charge is 0.281 e. The molecular weight excluding hydrogens is 276 g/mol. The molecule has 0 aromatic rings. The minimum atomic E-state index is -3.28. The van der Waals surface area contributed by atoms with Gasteiger partial charge in [0.05, 0.1) is 0 Å². The van der Waals surface area contributed by atoms with Crippen LogP contribution in [0.25, 0.3) is 0 Å². The molecule has 3 aliphatic rings. The van der Waals surface area contributed by atoms with Gasteiger partial charge in [-0.25, -0.2) is 0 Å². The second-order valence-corrected chi connectivity index (χ2v) is 8.66. The SMILES string of the molecule is O=S(=O)(N1CCC(CO)CC1)N(CC1CC1)CC1CC1. The van der Waals surface area contributed by atoms with Crippen LogP contribution in [-0.2, 0) is 10.2 Å². The van der Waals surface area contributed by atoms with E-state index in [2.05, 4.69) is 0 Å². The van der Waals surface area contributed by atoms with Crippen molar-refractivity contribution in [2.45, 2.75) is 38.5 Å². The number of aliphatic hydroxyl groups excluding tert-OH is 1. The highest BCUT2D eigenvalue weighted by atomic mass is 32.2. The third kappa shape index (κ3) is 3.53. The summed E-state index contributed by atoms with van der Waals surface area (Å²) in [5.74, 6) is 1.47. The third-order valence-electron chi connectivity index (χ3n) is 4.80. The van der Waals surface area contributed by atoms with E-state index in [9.17, 15) is 8.42 Å². The standard InChI is InChI=1S/C14H26N2O3S/c17-11-14-5-7-15(8-6-14)20(18,19)16(9-12-1-2-12)10-13-3-4-13/h12-14,17H,1-11H2. The van der Waals surface area contributed by atoms with Crippen molar-refractivity contribution in [3.63, 3.8) is 0 Å². The molecule has 116 valence electrons. The number of aliphatic hydroxyl groups is 1. The predicted octanol–water partition coefficient (Wildman–Crippen LogP) is 1.06. The van der Waals surface area contributed by atoms with Crippen molar-refractivity contribution < 1.29 is 13.5 Å². The van der Waals surface area contributed by atoms with Gasteiger partial charge in [0.1, 0.15) is 0 Å². The van der Waals surface area contributed by atoms with E-state index < -0.39 is 10.2 Å². The van der Waals surface area contributed by atoms with E-state index in [1.54, 1.807) is 8.61 Å². The molecule has 0 amide bonds. The van der Waals surface area contributed by atoms with Crippen LogP contribution in [0.4, 0.5) is 0 Å². The maximum Gasteiger partial charge on any atom is 0.281 e. The molecule has 3 rings (SSSR count). The first-order valence-corrected chi connectivity index (χ1v) is 9.35. The highest BCUT2D eigenvalue weighted by molar-refractivity contribution is 7.86. The number of rotatable bonds is 7. The summed E-state index contributed by atoms with van der Waals surface area (Å²) in [5.41, 5.74) is 0. The normalized spacial score (nSPS) is 26.3. The van der Waals surface area contributed by atoms with Crippen molar-refractivity contribution in [2.24, 2.45) is 17.8 Å². The molecule has 20 heavy (non-hydrogen) atoms. The molecule has 1 aliphatic heterocycles. The van der Waals surface area contributed by atoms with Crippen LogP contribution < -0.4 is 0 Å². The van der Waals surface area contributed by atoms with E-state index in [0.717, 1.165) is 25.9 Å². The van der Waals surface area contributed by atoms with Gasteiger partial charge < -0.3 is 5.11 Å². The second kappa shape index (κ2) is 5.91. The molecule has 0 unspecified atom stereocenters. The molecule has 0 atom stereocenters. The molecule has 0 spiro atoms. The molecule has 5 nitrogen and oxygen atoms in total. The number of hydrogen-bond donors (Lipinski definition) is 1. The summed E-state index contributed by atoms with van der Waals surface area (Å²) >= 11 is 0. The first kappa shape index (κ1) is 14.8. The first-order chi connectivity index (χ1) is 9.59. The fourth-order valence-electron chi connectivity index (χ4n) is 2.93. The average Bonchev–Trinajstić information content (AvgIpc) is 3.33. The van der Waals surface area contributed by atoms with Crippen molar-refractivity contribution in [1.29, 1.82) is 0 Å². The fraction of sp³-hybridized carbons (Fsp3) is 1.00. The van der Waals surface area contributed by atoms with Crippen LogP contribution in [0.5, 0.6) is 0 Å². The molecule has 3 fully saturated rings. The molecule has 1 saturated heterocycles. The van der Waals surface area contributed by atoms with Gasteiger partial charge in [-0.05, 0) is 56.3 Å². The number of nitrogens with zero attached hydrogens (tertiary/aromatic N) is 2. The number of hydrogen-bond acceptors (Lipinski definition) is 3. The van der Waals surface area contributed by atoms with Gasteiger partial charge in [0.25, 0.3) is 10.2 Å². The Kier molecular flexibility index (Phi) is 4.36. The van der Waals surface area contributed by atoms with Gasteiger partial charge in [0.15, 0.2) is 0 Å². The molecule has 2 saturated carbocycles. The van der Waals surface area contributed by atoms with Gasteiger partial charge >= 0.3 is 0 Å². The lowest BCUT2D eigenvalue weighted by Crippen LogP contribution is -2.48. The minimum Gasteiger partial charge on any atom is -0.396 e. The zero-order chi connectivity index (χ0) is 14.2. The Bertz CT molecular complexity index is 410. The highest BCUT2D eigenvalue weighted by Gasteiger charge is 2.38. The minimum absolute atomic E-state index is 0.182. The summed E-state index contributed by atoms with van der Waals surface area (Å²) in [6, 6.07) is 0. The van der Waals surface area contributed by atoms with Crippen molar-refractivity contribution in [3.8, 4) is 0 Å². The lowest BCUT2D eigenvalue weighted by molar-refractivity contribution is 0.165. The van der Waals surface area contributed by atoms with Crippen LogP contribution in [-0.4, -0.2) is 54.9 Å². The van der Waals surface area contributed by atoms with E-state index >= 15 is 0 Å². The number of piperidine rings is 1. The zero-order valence-electron chi connectivity index (χ0n) is 12.1. The largest absolute Gasteiger partial charge is 0.396 e. The Morgan fingerprint density at radius 1 is 0.900 bits per heavy atom. The maximum absolute atomic E-state index is 12.8. The van der Waals surface area contributed by atoms with E-state index in [1.807, 2.05) is 0 Å². The maximum atomic E-state index is 12.8. The lowest BCUT2D eigenvalue weighted by Gasteiger charge is -2.34. The molecular formula is C14H26N2O3S. The summed E-state index contributed by atoms with van der Waals surface area (Å²) in [6.07, 6.45) is 6.31. The summed E-state index contributed by atoms with van der Waals surface area (Å²) in [4.78, 5) is 0. The van der Waals surface area contributed by atoms with Crippen LogP contribution in [0.3, 0.4) is 0 Å². The molecule has 1 N–H and O–H groups in total. The van der Waals surface area contributed by atoms with Crippen LogP contribution in [0.1, 0.15) is 38.5 Å². The third-order valence-corrected chi connectivity index (χ3v) is 6.77. The molecule has 2 aliphatic carbocycles. The predicted molar refractivity (Wildman–Crippen MR) is 77.3 cm³/mol. The van der Waals surface area contributed by atoms with Crippen LogP contribution in [0, 0.1) is 17.8 Å². The Balaban J connectivity index is 1.63. The van der Waals surface area contributed by atoms with Crippen molar-refractivity contribution >= 4 is 10.2 Å². The first-order valence-electron chi connectivity index (χ1n) is 7.95. The van der Waals surface area contributed by atoms with Gasteiger partial charge in [-0.15, -0.1) is 0 Å². The summed E-state index contributed by atoms with van der Waals surface area (Å²) < 4.78 is 29.0. The van der Waals surface area contributed by atoms with Crippen molar-refractivity contribution in [2.75, 3.05) is 32.8 Å². The van der Waals surface area contributed by atoms with Crippen molar-refractivity contribution in [1.82, 2.24) is 8.61 Å². The molecule has 0 aromatic carbocycles. The van der Waals surface area contributed by atoms with E-state index in [0.29, 0.717) is 24.9 Å². The monoisotopic (exact) mass is 302 g/mol. The zero-order valence-corrected chi connectivity index (χ0v) is 12.9. The Labute approximate surface area is 122 Å². The summed E-state index contributed by atoms with van der Waals surface area (Å²) in [5, 5.41) is 9.17. The molecule has 0 radical (unpaired) electrons. The summed E-state index contributed by atoms with van der Waals surface area (Å²) in [6.45, 7) is 2.76. The topological polar surface area (TPSA) is 60.9 Å². The van der Waals surface area contributed by atoms with E-state index in [-0.39, 0.29) is 12.5 Å².